The van der Waals surface area contributed by atoms with Crippen LogP contribution in [0.25, 0.3) is 0 Å². The minimum Gasteiger partial charge on any atom is -0.466 e. The number of hydrogen-bond donors (Lipinski definition) is 0. The molecule has 0 aliphatic heterocycles. The summed E-state index contributed by atoms with van der Waals surface area (Å²) in [7, 11) is 0. The van der Waals surface area contributed by atoms with Gasteiger partial charge in [-0.25, -0.2) is 0 Å². The van der Waals surface area contributed by atoms with Crippen molar-refractivity contribution >= 4 is 5.97 Å². The van der Waals surface area contributed by atoms with Gasteiger partial charge in [0.25, 0.3) is 0 Å². The molecular formula is C30H54O2. The third-order valence-electron chi connectivity index (χ3n) is 7.60. The van der Waals surface area contributed by atoms with E-state index in [9.17, 15) is 4.79 Å². The molecule has 32 heavy (non-hydrogen) atoms. The molecule has 3 atom stereocenters. The average Bonchev–Trinajstić information content (AvgIpc) is 2.77. The molecular weight excluding hydrogens is 392 g/mol. The summed E-state index contributed by atoms with van der Waals surface area (Å²) in [5.74, 6) is 1.61. The van der Waals surface area contributed by atoms with E-state index in [2.05, 4.69) is 52.8 Å². The number of rotatable bonds is 19. The van der Waals surface area contributed by atoms with E-state index < -0.39 is 0 Å². The lowest BCUT2D eigenvalue weighted by Crippen LogP contribution is -2.18. The van der Waals surface area contributed by atoms with Crippen LogP contribution in [0, 0.1) is 17.3 Å². The lowest BCUT2D eigenvalue weighted by atomic mass is 9.80. The second-order valence-electron chi connectivity index (χ2n) is 10.9. The van der Waals surface area contributed by atoms with Crippen molar-refractivity contribution in [2.24, 2.45) is 17.3 Å². The first-order valence-corrected chi connectivity index (χ1v) is 13.9. The van der Waals surface area contributed by atoms with E-state index >= 15 is 0 Å². The van der Waals surface area contributed by atoms with Crippen LogP contribution in [0.15, 0.2) is 23.8 Å². The molecule has 0 heterocycles. The molecule has 0 aromatic heterocycles. The van der Waals surface area contributed by atoms with Gasteiger partial charge in [-0.3, -0.25) is 4.79 Å². The van der Waals surface area contributed by atoms with Gasteiger partial charge >= 0.3 is 5.97 Å². The van der Waals surface area contributed by atoms with Gasteiger partial charge in [-0.1, -0.05) is 129 Å². The summed E-state index contributed by atoms with van der Waals surface area (Å²) in [5, 5.41) is 0. The molecule has 0 N–H and O–H groups in total. The summed E-state index contributed by atoms with van der Waals surface area (Å²) in [5.41, 5.74) is 1.47. The molecule has 1 aliphatic rings. The summed E-state index contributed by atoms with van der Waals surface area (Å²) >= 11 is 0. The Hall–Kier alpha value is -1.05. The van der Waals surface area contributed by atoms with Gasteiger partial charge in [0.1, 0.15) is 0 Å². The van der Waals surface area contributed by atoms with Crippen molar-refractivity contribution in [3.8, 4) is 0 Å². The Balaban J connectivity index is 1.96. The summed E-state index contributed by atoms with van der Waals surface area (Å²) in [6, 6.07) is 0. The first kappa shape index (κ1) is 29.0. The van der Waals surface area contributed by atoms with Crippen molar-refractivity contribution in [2.45, 2.75) is 137 Å². The standard InChI is InChI=1S/C30H54O2/c1-6-7-8-9-10-11-12-14-17-27(3)28(4)18-15-13-16-19-29(31)32-25-24-30(5)22-20-26(2)21-23-30/h20-22,27-28H,6-19,23-25H2,1-5H3. The molecule has 0 aromatic carbocycles. The van der Waals surface area contributed by atoms with Gasteiger partial charge in [-0.2, -0.15) is 0 Å². The van der Waals surface area contributed by atoms with Crippen molar-refractivity contribution < 1.29 is 9.53 Å². The maximum atomic E-state index is 12.0. The number of esters is 1. The molecule has 0 aromatic rings. The Bertz CT molecular complexity index is 547. The molecule has 0 radical (unpaired) electrons. The number of carbonyl (C=O) groups is 1. The highest BCUT2D eigenvalue weighted by Gasteiger charge is 2.22. The van der Waals surface area contributed by atoms with Crippen molar-refractivity contribution in [2.75, 3.05) is 6.61 Å². The van der Waals surface area contributed by atoms with E-state index in [1.807, 2.05) is 0 Å². The lowest BCUT2D eigenvalue weighted by molar-refractivity contribution is -0.144. The van der Waals surface area contributed by atoms with Gasteiger partial charge in [-0.05, 0) is 43.4 Å². The molecule has 2 nitrogen and oxygen atoms in total. The summed E-state index contributed by atoms with van der Waals surface area (Å²) in [6.07, 6.45) is 26.6. The fraction of sp³-hybridized carbons (Fsp3) is 0.833. The fourth-order valence-corrected chi connectivity index (χ4v) is 4.60. The number of unbranched alkanes of at least 4 members (excludes halogenated alkanes) is 9. The Kier molecular flexibility index (Phi) is 15.8. The lowest BCUT2D eigenvalue weighted by Gasteiger charge is -2.27. The maximum Gasteiger partial charge on any atom is 0.305 e. The molecule has 186 valence electrons. The van der Waals surface area contributed by atoms with E-state index in [1.165, 1.54) is 76.2 Å². The van der Waals surface area contributed by atoms with Crippen molar-refractivity contribution in [3.63, 3.8) is 0 Å². The predicted molar refractivity (Wildman–Crippen MR) is 140 cm³/mol. The van der Waals surface area contributed by atoms with E-state index in [4.69, 9.17) is 4.74 Å². The molecule has 1 rings (SSSR count). The highest BCUT2D eigenvalue weighted by atomic mass is 16.5. The van der Waals surface area contributed by atoms with E-state index in [1.54, 1.807) is 0 Å². The molecule has 1 aliphatic carbocycles. The van der Waals surface area contributed by atoms with Crippen LogP contribution in [-0.2, 0) is 9.53 Å². The van der Waals surface area contributed by atoms with E-state index in [0.29, 0.717) is 13.0 Å². The molecule has 0 amide bonds. The van der Waals surface area contributed by atoms with Crippen LogP contribution in [-0.4, -0.2) is 12.6 Å². The average molecular weight is 447 g/mol. The largest absolute Gasteiger partial charge is 0.466 e. The predicted octanol–water partition coefficient (Wildman–Crippen LogP) is 9.59. The molecule has 2 heteroatoms. The van der Waals surface area contributed by atoms with Crippen LogP contribution < -0.4 is 0 Å². The SMILES string of the molecule is CCCCCCCCCCC(C)C(C)CCCCCC(=O)OCCC1(C)C=CC(C)=CC1. The second-order valence-corrected chi connectivity index (χ2v) is 10.9. The number of ether oxygens (including phenoxy) is 1. The molecule has 0 spiro atoms. The zero-order chi connectivity index (χ0) is 23.7. The normalized spacial score (nSPS) is 20.1. The van der Waals surface area contributed by atoms with Crippen LogP contribution in [0.2, 0.25) is 0 Å². The van der Waals surface area contributed by atoms with Crippen LogP contribution in [0.3, 0.4) is 0 Å². The number of carbonyl (C=O) groups excluding carboxylic acids is 1. The second kappa shape index (κ2) is 17.4. The van der Waals surface area contributed by atoms with Gasteiger partial charge in [-0.15, -0.1) is 0 Å². The van der Waals surface area contributed by atoms with E-state index in [0.717, 1.165) is 37.5 Å². The fourth-order valence-electron chi connectivity index (χ4n) is 4.60. The van der Waals surface area contributed by atoms with Crippen molar-refractivity contribution in [3.05, 3.63) is 23.8 Å². The van der Waals surface area contributed by atoms with Gasteiger partial charge < -0.3 is 4.74 Å². The highest BCUT2D eigenvalue weighted by molar-refractivity contribution is 5.69. The Morgan fingerprint density at radius 2 is 1.50 bits per heavy atom. The molecule has 3 unspecified atom stereocenters. The van der Waals surface area contributed by atoms with Crippen LogP contribution in [0.1, 0.15) is 137 Å². The molecule has 0 saturated heterocycles. The highest BCUT2D eigenvalue weighted by Crippen LogP contribution is 2.32. The summed E-state index contributed by atoms with van der Waals surface area (Å²) < 4.78 is 5.50. The van der Waals surface area contributed by atoms with E-state index in [-0.39, 0.29) is 11.4 Å². The molecule has 0 bridgehead atoms. The summed E-state index contributed by atoms with van der Waals surface area (Å²) in [6.45, 7) is 12.1. The van der Waals surface area contributed by atoms with Crippen LogP contribution in [0.4, 0.5) is 0 Å². The van der Waals surface area contributed by atoms with Crippen molar-refractivity contribution in [1.82, 2.24) is 0 Å². The zero-order valence-electron chi connectivity index (χ0n) is 22.2. The Labute approximate surface area is 200 Å². The number of allylic oxidation sites excluding steroid dienone is 4. The maximum absolute atomic E-state index is 12.0. The minimum absolute atomic E-state index is 0.0174. The Morgan fingerprint density at radius 3 is 2.06 bits per heavy atom. The van der Waals surface area contributed by atoms with Gasteiger partial charge in [0.15, 0.2) is 0 Å². The topological polar surface area (TPSA) is 26.3 Å². The Morgan fingerprint density at radius 1 is 0.938 bits per heavy atom. The smallest absolute Gasteiger partial charge is 0.305 e. The quantitative estimate of drug-likeness (QED) is 0.146. The van der Waals surface area contributed by atoms with Crippen molar-refractivity contribution in [1.29, 1.82) is 0 Å². The molecule has 0 fully saturated rings. The monoisotopic (exact) mass is 446 g/mol. The first-order chi connectivity index (χ1) is 15.4. The summed E-state index contributed by atoms with van der Waals surface area (Å²) in [4.78, 5) is 12.0. The first-order valence-electron chi connectivity index (χ1n) is 13.9. The molecule has 0 saturated carbocycles. The van der Waals surface area contributed by atoms with Gasteiger partial charge in [0.05, 0.1) is 6.61 Å². The third kappa shape index (κ3) is 14.2. The zero-order valence-corrected chi connectivity index (χ0v) is 22.2. The van der Waals surface area contributed by atoms with Gasteiger partial charge in [0, 0.05) is 6.42 Å². The van der Waals surface area contributed by atoms with Gasteiger partial charge in [0.2, 0.25) is 0 Å². The van der Waals surface area contributed by atoms with Crippen LogP contribution >= 0.6 is 0 Å². The van der Waals surface area contributed by atoms with Crippen LogP contribution in [0.5, 0.6) is 0 Å². The third-order valence-corrected chi connectivity index (χ3v) is 7.60. The number of hydrogen-bond acceptors (Lipinski definition) is 2. The minimum atomic E-state index is -0.0174.